The van der Waals surface area contributed by atoms with Crippen LogP contribution in [0.4, 0.5) is 0 Å². The van der Waals surface area contributed by atoms with Gasteiger partial charge in [0.2, 0.25) is 5.88 Å². The Morgan fingerprint density at radius 1 is 1.62 bits per heavy atom. The zero-order chi connectivity index (χ0) is 8.84. The van der Waals surface area contributed by atoms with Gasteiger partial charge in [-0.15, -0.1) is 0 Å². The number of aromatic amines is 1. The van der Waals surface area contributed by atoms with Crippen LogP contribution in [0.5, 0.6) is 5.88 Å². The Bertz CT molecular complexity index is 401. The van der Waals surface area contributed by atoms with Crippen LogP contribution < -0.4 is 10.4 Å². The van der Waals surface area contributed by atoms with Gasteiger partial charge in [0, 0.05) is 12.6 Å². The highest BCUT2D eigenvalue weighted by Gasteiger charge is 2.40. The molecule has 0 radical (unpaired) electrons. The summed E-state index contributed by atoms with van der Waals surface area (Å²) in [6.45, 7) is 0.716. The van der Waals surface area contributed by atoms with E-state index in [0.717, 1.165) is 12.0 Å². The van der Waals surface area contributed by atoms with Gasteiger partial charge in [-0.1, -0.05) is 0 Å². The molecule has 1 aromatic rings. The van der Waals surface area contributed by atoms with Crippen molar-refractivity contribution in [2.24, 2.45) is 0 Å². The second-order valence-electron chi connectivity index (χ2n) is 3.21. The van der Waals surface area contributed by atoms with Crippen LogP contribution in [0.2, 0.25) is 0 Å². The van der Waals surface area contributed by atoms with Gasteiger partial charge in [0.1, 0.15) is 12.2 Å². The molecule has 3 rings (SSSR count). The third kappa shape index (κ3) is 0.904. The van der Waals surface area contributed by atoms with E-state index in [4.69, 9.17) is 9.47 Å². The average molecular weight is 180 g/mol. The van der Waals surface area contributed by atoms with E-state index in [0.29, 0.717) is 12.5 Å². The molecule has 1 aromatic heterocycles. The van der Waals surface area contributed by atoms with E-state index in [2.05, 4.69) is 9.97 Å². The molecule has 13 heavy (non-hydrogen) atoms. The largest absolute Gasteiger partial charge is 0.472 e. The Balaban J connectivity index is 2.12. The van der Waals surface area contributed by atoms with Crippen LogP contribution in [0.25, 0.3) is 0 Å². The summed E-state index contributed by atoms with van der Waals surface area (Å²) in [4.78, 5) is 17.0. The van der Waals surface area contributed by atoms with Crippen molar-refractivity contribution in [1.29, 1.82) is 0 Å². The quantitative estimate of drug-likeness (QED) is 0.610. The van der Waals surface area contributed by atoms with E-state index < -0.39 is 0 Å². The van der Waals surface area contributed by atoms with Gasteiger partial charge >= 0.3 is 5.69 Å². The molecular weight excluding hydrogens is 172 g/mol. The molecule has 1 saturated heterocycles. The van der Waals surface area contributed by atoms with E-state index >= 15 is 0 Å². The first-order chi connectivity index (χ1) is 6.34. The first-order valence-corrected chi connectivity index (χ1v) is 4.22. The zero-order valence-corrected chi connectivity index (χ0v) is 6.82. The van der Waals surface area contributed by atoms with Gasteiger partial charge < -0.3 is 9.47 Å². The van der Waals surface area contributed by atoms with E-state index in [9.17, 15) is 4.79 Å². The summed E-state index contributed by atoms with van der Waals surface area (Å²) >= 11 is 0. The highest BCUT2D eigenvalue weighted by Crippen LogP contribution is 2.41. The lowest BCUT2D eigenvalue weighted by Crippen LogP contribution is -2.12. The zero-order valence-electron chi connectivity index (χ0n) is 6.82. The van der Waals surface area contributed by atoms with E-state index in [-0.39, 0.29) is 17.9 Å². The van der Waals surface area contributed by atoms with Gasteiger partial charge in [-0.05, 0) is 0 Å². The smallest absolute Gasteiger partial charge is 0.347 e. The van der Waals surface area contributed by atoms with Crippen molar-refractivity contribution < 1.29 is 9.47 Å². The van der Waals surface area contributed by atoms with Gasteiger partial charge in [-0.2, -0.15) is 0 Å². The van der Waals surface area contributed by atoms with Gasteiger partial charge in [0.05, 0.1) is 12.2 Å². The predicted octanol–water partition coefficient (Wildman–Crippen LogP) is -0.00770. The summed E-state index contributed by atoms with van der Waals surface area (Å²) in [6, 6.07) is 0. The molecule has 0 aliphatic carbocycles. The molecule has 1 N–H and O–H groups in total. The van der Waals surface area contributed by atoms with Gasteiger partial charge in [-0.3, -0.25) is 4.98 Å². The van der Waals surface area contributed by atoms with Crippen molar-refractivity contribution in [2.75, 3.05) is 6.61 Å². The summed E-state index contributed by atoms with van der Waals surface area (Å²) in [5.74, 6) is 0.523. The van der Waals surface area contributed by atoms with Crippen molar-refractivity contribution >= 4 is 0 Å². The minimum atomic E-state index is -0.376. The molecule has 0 amide bonds. The molecule has 2 aliphatic heterocycles. The summed E-state index contributed by atoms with van der Waals surface area (Å²) < 4.78 is 10.9. The third-order valence-corrected chi connectivity index (χ3v) is 2.42. The maximum absolute atomic E-state index is 10.9. The molecular formula is C8H8N2O3. The molecule has 0 bridgehead atoms. The van der Waals surface area contributed by atoms with Crippen molar-refractivity contribution in [3.8, 4) is 5.88 Å². The van der Waals surface area contributed by atoms with Crippen LogP contribution in [-0.4, -0.2) is 22.7 Å². The van der Waals surface area contributed by atoms with Crippen LogP contribution in [0.3, 0.4) is 0 Å². The lowest BCUT2D eigenvalue weighted by atomic mass is 10.1. The second kappa shape index (κ2) is 2.32. The first kappa shape index (κ1) is 7.08. The highest BCUT2D eigenvalue weighted by atomic mass is 16.6. The fourth-order valence-electron chi connectivity index (χ4n) is 1.82. The highest BCUT2D eigenvalue weighted by molar-refractivity contribution is 5.31. The molecule has 0 saturated carbocycles. The van der Waals surface area contributed by atoms with E-state index in [1.54, 1.807) is 0 Å². The number of rotatable bonds is 0. The fraction of sp³-hybridized carbons (Fsp3) is 0.500. The molecule has 3 heterocycles. The maximum Gasteiger partial charge on any atom is 0.347 e. The maximum atomic E-state index is 10.9. The van der Waals surface area contributed by atoms with Crippen molar-refractivity contribution in [3.05, 3.63) is 22.2 Å². The summed E-state index contributed by atoms with van der Waals surface area (Å²) in [6.07, 6.45) is 2.44. The average Bonchev–Trinajstić information content (AvgIpc) is 2.62. The van der Waals surface area contributed by atoms with Gasteiger partial charge in [0.25, 0.3) is 0 Å². The van der Waals surface area contributed by atoms with Gasteiger partial charge in [0.15, 0.2) is 0 Å². The number of aromatic nitrogens is 2. The Morgan fingerprint density at radius 2 is 2.54 bits per heavy atom. The summed E-state index contributed by atoms with van der Waals surface area (Å²) in [5.41, 5.74) is 0.487. The molecule has 1 fully saturated rings. The molecule has 5 nitrogen and oxygen atoms in total. The minimum Gasteiger partial charge on any atom is -0.472 e. The number of hydrogen-bond donors (Lipinski definition) is 1. The number of nitrogens with zero attached hydrogens (tertiary/aromatic N) is 1. The van der Waals surface area contributed by atoms with Gasteiger partial charge in [-0.25, -0.2) is 9.78 Å². The van der Waals surface area contributed by atoms with Crippen LogP contribution in [0.1, 0.15) is 18.1 Å². The normalized spacial score (nSPS) is 29.5. The molecule has 2 aliphatic rings. The Kier molecular flexibility index (Phi) is 1.26. The lowest BCUT2D eigenvalue weighted by Gasteiger charge is -2.04. The Hall–Kier alpha value is -1.36. The fourth-order valence-corrected chi connectivity index (χ4v) is 1.82. The molecule has 2 atom stereocenters. The molecule has 5 heteroatoms. The molecule has 0 aromatic carbocycles. The molecule has 0 unspecified atom stereocenters. The minimum absolute atomic E-state index is 0.0284. The number of fused-ring (bicyclic) bond motifs is 3. The van der Waals surface area contributed by atoms with Crippen molar-refractivity contribution in [2.45, 2.75) is 18.6 Å². The topological polar surface area (TPSA) is 64.2 Å². The van der Waals surface area contributed by atoms with E-state index in [1.807, 2.05) is 0 Å². The number of nitrogens with one attached hydrogen (secondary N) is 1. The standard InChI is InChI=1S/C8H8N2O3/c11-8-9-3-4-6-5(1-2-12-6)13-7(4)10-8/h3,5-6H,1-2H2,(H,9,10,11)/t5-,6-/m0/s1. The van der Waals surface area contributed by atoms with E-state index in [1.165, 1.54) is 6.20 Å². The van der Waals surface area contributed by atoms with Crippen LogP contribution in [0, 0.1) is 0 Å². The number of H-pyrrole nitrogens is 1. The Morgan fingerprint density at radius 3 is 3.46 bits per heavy atom. The lowest BCUT2D eigenvalue weighted by molar-refractivity contribution is 0.0787. The van der Waals surface area contributed by atoms with Crippen LogP contribution in [0.15, 0.2) is 11.0 Å². The predicted molar refractivity (Wildman–Crippen MR) is 42.6 cm³/mol. The van der Waals surface area contributed by atoms with Crippen molar-refractivity contribution in [3.63, 3.8) is 0 Å². The first-order valence-electron chi connectivity index (χ1n) is 4.22. The second-order valence-corrected chi connectivity index (χ2v) is 3.21. The molecule has 68 valence electrons. The summed E-state index contributed by atoms with van der Waals surface area (Å²) in [7, 11) is 0. The third-order valence-electron chi connectivity index (χ3n) is 2.42. The van der Waals surface area contributed by atoms with Crippen LogP contribution in [-0.2, 0) is 4.74 Å². The monoisotopic (exact) mass is 180 g/mol. The van der Waals surface area contributed by atoms with Crippen LogP contribution >= 0.6 is 0 Å². The SMILES string of the molecule is O=c1ncc2c([nH]1)O[C@H]1CCO[C@@H]21. The number of hydrogen-bond acceptors (Lipinski definition) is 4. The number of ether oxygens (including phenoxy) is 2. The molecule has 0 spiro atoms. The summed E-state index contributed by atoms with van der Waals surface area (Å²) in [5, 5.41) is 0. The Labute approximate surface area is 73.7 Å². The van der Waals surface area contributed by atoms with Crippen molar-refractivity contribution in [1.82, 2.24) is 9.97 Å².